The second kappa shape index (κ2) is 4.98. The lowest BCUT2D eigenvalue weighted by Crippen LogP contribution is -2.33. The lowest BCUT2D eigenvalue weighted by Gasteiger charge is -2.27. The molecule has 82 valence electrons. The van der Waals surface area contributed by atoms with Gasteiger partial charge < -0.3 is 9.47 Å². The molecule has 0 aromatic heterocycles. The Kier molecular flexibility index (Phi) is 4.60. The Bertz CT molecular complexity index is 220. The van der Waals surface area contributed by atoms with Gasteiger partial charge in [0.2, 0.25) is 0 Å². The molecule has 4 heteroatoms. The standard InChI is InChI=1S/C10H18O4/c1-7(6-8(11)13-4)10(2,3)9(12)14-5/h7H,6H2,1-5H3. The minimum absolute atomic E-state index is 0.109. The number of hydrogen-bond donors (Lipinski definition) is 0. The normalized spacial score (nSPS) is 13.2. The molecule has 0 aliphatic heterocycles. The van der Waals surface area contributed by atoms with E-state index < -0.39 is 5.41 Å². The van der Waals surface area contributed by atoms with E-state index in [0.29, 0.717) is 0 Å². The summed E-state index contributed by atoms with van der Waals surface area (Å²) in [7, 11) is 2.68. The predicted octanol–water partition coefficient (Wildman–Crippen LogP) is 1.38. The van der Waals surface area contributed by atoms with Crippen molar-refractivity contribution in [3.05, 3.63) is 0 Å². The summed E-state index contributed by atoms with van der Waals surface area (Å²) >= 11 is 0. The highest BCUT2D eigenvalue weighted by atomic mass is 16.5. The summed E-state index contributed by atoms with van der Waals surface area (Å²) in [6, 6.07) is 0. The van der Waals surface area contributed by atoms with Gasteiger partial charge in [0.25, 0.3) is 0 Å². The van der Waals surface area contributed by atoms with Crippen LogP contribution in [0.15, 0.2) is 0 Å². The molecule has 0 rings (SSSR count). The second-order valence-electron chi connectivity index (χ2n) is 3.89. The van der Waals surface area contributed by atoms with Crippen molar-refractivity contribution in [1.82, 2.24) is 0 Å². The lowest BCUT2D eigenvalue weighted by atomic mass is 9.78. The van der Waals surface area contributed by atoms with E-state index in [4.69, 9.17) is 0 Å². The monoisotopic (exact) mass is 202 g/mol. The third-order valence-corrected chi connectivity index (χ3v) is 2.64. The number of ether oxygens (including phenoxy) is 2. The van der Waals surface area contributed by atoms with Gasteiger partial charge in [-0.05, 0) is 19.8 Å². The Morgan fingerprint density at radius 2 is 1.71 bits per heavy atom. The minimum Gasteiger partial charge on any atom is -0.469 e. The van der Waals surface area contributed by atoms with Crippen LogP contribution in [0.5, 0.6) is 0 Å². The first-order valence-corrected chi connectivity index (χ1v) is 4.51. The topological polar surface area (TPSA) is 52.6 Å². The zero-order chi connectivity index (χ0) is 11.4. The van der Waals surface area contributed by atoms with Crippen LogP contribution in [0.25, 0.3) is 0 Å². The molecular weight excluding hydrogens is 184 g/mol. The van der Waals surface area contributed by atoms with Gasteiger partial charge in [0.1, 0.15) is 0 Å². The molecule has 14 heavy (non-hydrogen) atoms. The Morgan fingerprint density at radius 1 is 1.21 bits per heavy atom. The summed E-state index contributed by atoms with van der Waals surface area (Å²) in [4.78, 5) is 22.4. The molecule has 0 aliphatic rings. The van der Waals surface area contributed by atoms with Gasteiger partial charge in [0.15, 0.2) is 0 Å². The molecule has 1 unspecified atom stereocenters. The third-order valence-electron chi connectivity index (χ3n) is 2.64. The summed E-state index contributed by atoms with van der Waals surface area (Å²) in [5, 5.41) is 0. The smallest absolute Gasteiger partial charge is 0.311 e. The van der Waals surface area contributed by atoms with Gasteiger partial charge in [0, 0.05) is 6.42 Å². The number of rotatable bonds is 4. The largest absolute Gasteiger partial charge is 0.469 e. The SMILES string of the molecule is COC(=O)CC(C)C(C)(C)C(=O)OC. The molecule has 1 atom stereocenters. The highest BCUT2D eigenvalue weighted by molar-refractivity contribution is 5.77. The third kappa shape index (κ3) is 3.01. The van der Waals surface area contributed by atoms with Gasteiger partial charge in [-0.25, -0.2) is 0 Å². The summed E-state index contributed by atoms with van der Waals surface area (Å²) in [6.45, 7) is 5.34. The van der Waals surface area contributed by atoms with Crippen molar-refractivity contribution < 1.29 is 19.1 Å². The summed E-state index contributed by atoms with van der Waals surface area (Å²) < 4.78 is 9.20. The first-order chi connectivity index (χ1) is 6.36. The Balaban J connectivity index is 4.42. The zero-order valence-corrected chi connectivity index (χ0v) is 9.42. The number of methoxy groups -OCH3 is 2. The van der Waals surface area contributed by atoms with Gasteiger partial charge in [-0.2, -0.15) is 0 Å². The molecule has 0 heterocycles. The molecule has 0 saturated carbocycles. The van der Waals surface area contributed by atoms with Gasteiger partial charge in [-0.1, -0.05) is 6.92 Å². The second-order valence-corrected chi connectivity index (χ2v) is 3.89. The maximum absolute atomic E-state index is 11.4. The van der Waals surface area contributed by atoms with Gasteiger partial charge >= 0.3 is 11.9 Å². The van der Waals surface area contributed by atoms with Crippen molar-refractivity contribution in [2.75, 3.05) is 14.2 Å². The molecule has 0 bridgehead atoms. The van der Waals surface area contributed by atoms with E-state index in [9.17, 15) is 9.59 Å². The first-order valence-electron chi connectivity index (χ1n) is 4.51. The average Bonchev–Trinajstić information content (AvgIpc) is 2.15. The van der Waals surface area contributed by atoms with Crippen molar-refractivity contribution in [2.24, 2.45) is 11.3 Å². The summed E-state index contributed by atoms with van der Waals surface area (Å²) in [5.74, 6) is -0.731. The van der Waals surface area contributed by atoms with Crippen molar-refractivity contribution in [3.63, 3.8) is 0 Å². The zero-order valence-electron chi connectivity index (χ0n) is 9.42. The molecule has 0 spiro atoms. The molecule has 0 N–H and O–H groups in total. The van der Waals surface area contributed by atoms with Crippen LogP contribution in [-0.2, 0) is 19.1 Å². The Hall–Kier alpha value is -1.06. The van der Waals surface area contributed by atoms with Crippen LogP contribution in [0.4, 0.5) is 0 Å². The van der Waals surface area contributed by atoms with Crippen LogP contribution in [0.3, 0.4) is 0 Å². The van der Waals surface area contributed by atoms with Crippen molar-refractivity contribution in [1.29, 1.82) is 0 Å². The molecule has 0 aromatic carbocycles. The molecular formula is C10H18O4. The van der Waals surface area contributed by atoms with Crippen LogP contribution in [-0.4, -0.2) is 26.2 Å². The van der Waals surface area contributed by atoms with E-state index in [1.54, 1.807) is 13.8 Å². The molecule has 4 nitrogen and oxygen atoms in total. The number of hydrogen-bond acceptors (Lipinski definition) is 4. The van der Waals surface area contributed by atoms with Crippen LogP contribution >= 0.6 is 0 Å². The van der Waals surface area contributed by atoms with Crippen molar-refractivity contribution in [2.45, 2.75) is 27.2 Å². The molecule has 0 radical (unpaired) electrons. The number of carbonyl (C=O) groups excluding carboxylic acids is 2. The highest BCUT2D eigenvalue weighted by Gasteiger charge is 2.36. The van der Waals surface area contributed by atoms with Gasteiger partial charge in [-0.3, -0.25) is 9.59 Å². The van der Waals surface area contributed by atoms with Crippen molar-refractivity contribution >= 4 is 11.9 Å². The van der Waals surface area contributed by atoms with E-state index in [2.05, 4.69) is 9.47 Å². The summed E-state index contributed by atoms with van der Waals surface area (Å²) in [5.41, 5.74) is -0.664. The average molecular weight is 202 g/mol. The van der Waals surface area contributed by atoms with E-state index in [0.717, 1.165) is 0 Å². The lowest BCUT2D eigenvalue weighted by molar-refractivity contribution is -0.155. The molecule has 0 amide bonds. The predicted molar refractivity (Wildman–Crippen MR) is 51.6 cm³/mol. The fourth-order valence-corrected chi connectivity index (χ4v) is 1.05. The molecule has 0 aromatic rings. The van der Waals surface area contributed by atoms with Crippen LogP contribution in [0.2, 0.25) is 0 Å². The number of carbonyl (C=O) groups is 2. The summed E-state index contributed by atoms with van der Waals surface area (Å²) in [6.07, 6.45) is 0.221. The van der Waals surface area contributed by atoms with E-state index in [1.165, 1.54) is 14.2 Å². The fraction of sp³-hybridized carbons (Fsp3) is 0.800. The molecule has 0 saturated heterocycles. The maximum atomic E-state index is 11.4. The van der Waals surface area contributed by atoms with E-state index in [1.807, 2.05) is 6.92 Å². The molecule has 0 fully saturated rings. The maximum Gasteiger partial charge on any atom is 0.311 e. The first kappa shape index (κ1) is 12.9. The van der Waals surface area contributed by atoms with Crippen LogP contribution in [0, 0.1) is 11.3 Å². The fourth-order valence-electron chi connectivity index (χ4n) is 1.05. The van der Waals surface area contributed by atoms with Crippen LogP contribution < -0.4 is 0 Å². The van der Waals surface area contributed by atoms with E-state index >= 15 is 0 Å². The van der Waals surface area contributed by atoms with E-state index in [-0.39, 0.29) is 24.3 Å². The van der Waals surface area contributed by atoms with Crippen LogP contribution in [0.1, 0.15) is 27.2 Å². The Labute approximate surface area is 84.6 Å². The van der Waals surface area contributed by atoms with Gasteiger partial charge in [0.05, 0.1) is 19.6 Å². The van der Waals surface area contributed by atoms with Crippen molar-refractivity contribution in [3.8, 4) is 0 Å². The quantitative estimate of drug-likeness (QED) is 0.646. The highest BCUT2D eigenvalue weighted by Crippen LogP contribution is 2.30. The van der Waals surface area contributed by atoms with Gasteiger partial charge in [-0.15, -0.1) is 0 Å². The Morgan fingerprint density at radius 3 is 2.07 bits per heavy atom. The number of esters is 2. The molecule has 0 aliphatic carbocycles. The minimum atomic E-state index is -0.664.